The first-order chi connectivity index (χ1) is 9.90. The van der Waals surface area contributed by atoms with Crippen molar-refractivity contribution in [3.8, 4) is 0 Å². The van der Waals surface area contributed by atoms with Crippen molar-refractivity contribution in [1.82, 2.24) is 4.98 Å². The van der Waals surface area contributed by atoms with Crippen molar-refractivity contribution in [2.75, 3.05) is 5.32 Å². The number of hydrogen-bond donors (Lipinski definition) is 1. The zero-order valence-electron chi connectivity index (χ0n) is 11.4. The molecule has 0 amide bonds. The molecule has 1 heterocycles. The van der Waals surface area contributed by atoms with Gasteiger partial charge in [0.25, 0.3) is 0 Å². The van der Waals surface area contributed by atoms with Gasteiger partial charge in [-0.3, -0.25) is 0 Å². The van der Waals surface area contributed by atoms with Crippen LogP contribution in [0.1, 0.15) is 32.1 Å². The van der Waals surface area contributed by atoms with Gasteiger partial charge in [0.05, 0.1) is 10.2 Å². The van der Waals surface area contributed by atoms with Crippen LogP contribution in [0.4, 0.5) is 5.13 Å². The predicted molar refractivity (Wildman–Crippen MR) is 87.6 cm³/mol. The van der Waals surface area contributed by atoms with E-state index in [9.17, 15) is 0 Å². The number of benzene rings is 2. The van der Waals surface area contributed by atoms with Gasteiger partial charge in [-0.1, -0.05) is 60.9 Å². The summed E-state index contributed by atoms with van der Waals surface area (Å²) in [6.45, 7) is 0. The Morgan fingerprint density at radius 1 is 1.00 bits per heavy atom. The average Bonchev–Trinajstić information content (AvgIpc) is 2.91. The molecule has 1 N–H and O–H groups in total. The third kappa shape index (κ3) is 2.16. The average molecular weight is 282 g/mol. The molecule has 3 heteroatoms. The fourth-order valence-corrected chi connectivity index (χ4v) is 4.10. The van der Waals surface area contributed by atoms with Crippen molar-refractivity contribution in [3.05, 3.63) is 36.4 Å². The summed E-state index contributed by atoms with van der Waals surface area (Å²) in [7, 11) is 0. The lowest BCUT2D eigenvalue weighted by Crippen LogP contribution is -2.21. The molecule has 1 aliphatic carbocycles. The molecule has 1 aromatic heterocycles. The molecule has 2 aromatic carbocycles. The molecule has 1 aliphatic rings. The van der Waals surface area contributed by atoms with Crippen LogP contribution in [0.5, 0.6) is 0 Å². The van der Waals surface area contributed by atoms with E-state index < -0.39 is 0 Å². The molecule has 102 valence electrons. The quantitative estimate of drug-likeness (QED) is 0.699. The minimum atomic E-state index is 0.621. The number of nitrogens with one attached hydrogen (secondary N) is 1. The lowest BCUT2D eigenvalue weighted by molar-refractivity contribution is 0.462. The van der Waals surface area contributed by atoms with Crippen LogP contribution in [-0.2, 0) is 0 Å². The summed E-state index contributed by atoms with van der Waals surface area (Å²) >= 11 is 1.78. The molecule has 0 unspecified atom stereocenters. The van der Waals surface area contributed by atoms with Crippen molar-refractivity contribution >= 4 is 37.5 Å². The molecule has 0 spiro atoms. The van der Waals surface area contributed by atoms with Gasteiger partial charge in [-0.15, -0.1) is 0 Å². The second-order valence-electron chi connectivity index (χ2n) is 5.63. The van der Waals surface area contributed by atoms with Crippen molar-refractivity contribution in [2.24, 2.45) is 0 Å². The minimum absolute atomic E-state index is 0.621. The van der Waals surface area contributed by atoms with Crippen molar-refractivity contribution < 1.29 is 0 Å². The summed E-state index contributed by atoms with van der Waals surface area (Å²) in [6.07, 6.45) is 6.67. The van der Waals surface area contributed by atoms with E-state index in [2.05, 4.69) is 41.7 Å². The van der Waals surface area contributed by atoms with Gasteiger partial charge in [0.1, 0.15) is 0 Å². The molecule has 0 atom stereocenters. The van der Waals surface area contributed by atoms with E-state index in [-0.39, 0.29) is 0 Å². The van der Waals surface area contributed by atoms with Gasteiger partial charge in [0, 0.05) is 11.4 Å². The first-order valence-corrected chi connectivity index (χ1v) is 8.27. The molecular weight excluding hydrogens is 264 g/mol. The summed E-state index contributed by atoms with van der Waals surface area (Å²) < 4.78 is 1.28. The molecule has 0 bridgehead atoms. The van der Waals surface area contributed by atoms with Crippen LogP contribution in [0.2, 0.25) is 0 Å². The monoisotopic (exact) mass is 282 g/mol. The first-order valence-electron chi connectivity index (χ1n) is 7.45. The summed E-state index contributed by atoms with van der Waals surface area (Å²) in [4.78, 5) is 4.84. The highest BCUT2D eigenvalue weighted by Crippen LogP contribution is 2.33. The number of aromatic nitrogens is 1. The van der Waals surface area contributed by atoms with Gasteiger partial charge >= 0.3 is 0 Å². The maximum Gasteiger partial charge on any atom is 0.184 e. The Labute approximate surface area is 122 Å². The largest absolute Gasteiger partial charge is 0.359 e. The van der Waals surface area contributed by atoms with E-state index in [0.717, 1.165) is 10.6 Å². The number of fused-ring (bicyclic) bond motifs is 3. The molecule has 1 saturated carbocycles. The van der Waals surface area contributed by atoms with Gasteiger partial charge in [-0.25, -0.2) is 4.98 Å². The van der Waals surface area contributed by atoms with E-state index in [1.165, 1.54) is 47.6 Å². The highest BCUT2D eigenvalue weighted by atomic mass is 32.1. The number of nitrogens with zero attached hydrogens (tertiary/aromatic N) is 1. The predicted octanol–water partition coefficient (Wildman–Crippen LogP) is 5.19. The van der Waals surface area contributed by atoms with Crippen LogP contribution in [0, 0.1) is 0 Å². The van der Waals surface area contributed by atoms with Crippen LogP contribution < -0.4 is 5.32 Å². The van der Waals surface area contributed by atoms with E-state index in [1.807, 2.05) is 0 Å². The Hall–Kier alpha value is -1.61. The van der Waals surface area contributed by atoms with Crippen LogP contribution in [-0.4, -0.2) is 11.0 Å². The van der Waals surface area contributed by atoms with E-state index in [1.54, 1.807) is 11.3 Å². The Bertz CT molecular complexity index is 741. The van der Waals surface area contributed by atoms with Crippen LogP contribution in [0.3, 0.4) is 0 Å². The first kappa shape index (κ1) is 12.2. The molecule has 2 nitrogen and oxygen atoms in total. The Kier molecular flexibility index (Phi) is 3.07. The number of rotatable bonds is 2. The zero-order valence-corrected chi connectivity index (χ0v) is 12.2. The summed E-state index contributed by atoms with van der Waals surface area (Å²) in [5, 5.41) is 7.26. The van der Waals surface area contributed by atoms with Crippen LogP contribution in [0.25, 0.3) is 21.0 Å². The molecule has 0 saturated heterocycles. The van der Waals surface area contributed by atoms with Gasteiger partial charge in [-0.2, -0.15) is 0 Å². The van der Waals surface area contributed by atoms with Gasteiger partial charge in [0.15, 0.2) is 5.13 Å². The third-order valence-electron chi connectivity index (χ3n) is 4.22. The van der Waals surface area contributed by atoms with Gasteiger partial charge in [-0.05, 0) is 24.3 Å². The standard InChI is InChI=1S/C17H18N2S/c1-2-7-13(8-3-1)18-17-19-16-14-9-5-4-6-12(14)10-11-15(16)20-17/h4-6,9-11,13H,1-3,7-8H2,(H,18,19). The van der Waals surface area contributed by atoms with Gasteiger partial charge < -0.3 is 5.32 Å². The topological polar surface area (TPSA) is 24.9 Å². The maximum atomic E-state index is 4.84. The number of anilines is 1. The Morgan fingerprint density at radius 2 is 1.85 bits per heavy atom. The summed E-state index contributed by atoms with van der Waals surface area (Å²) in [5.41, 5.74) is 1.14. The molecule has 0 radical (unpaired) electrons. The summed E-state index contributed by atoms with van der Waals surface area (Å²) in [5.74, 6) is 0. The molecule has 4 rings (SSSR count). The molecule has 0 aliphatic heterocycles. The van der Waals surface area contributed by atoms with Crippen molar-refractivity contribution in [3.63, 3.8) is 0 Å². The zero-order chi connectivity index (χ0) is 13.4. The van der Waals surface area contributed by atoms with Gasteiger partial charge in [0.2, 0.25) is 0 Å². The highest BCUT2D eigenvalue weighted by molar-refractivity contribution is 7.22. The summed E-state index contributed by atoms with van der Waals surface area (Å²) in [6, 6.07) is 13.5. The van der Waals surface area contributed by atoms with E-state index >= 15 is 0 Å². The Morgan fingerprint density at radius 3 is 2.75 bits per heavy atom. The maximum absolute atomic E-state index is 4.84. The van der Waals surface area contributed by atoms with Crippen LogP contribution in [0.15, 0.2) is 36.4 Å². The van der Waals surface area contributed by atoms with Crippen molar-refractivity contribution in [2.45, 2.75) is 38.1 Å². The second-order valence-corrected chi connectivity index (χ2v) is 6.66. The SMILES string of the molecule is c1ccc2c(c1)ccc1sc(NC3CCCCC3)nc12. The second kappa shape index (κ2) is 5.06. The normalized spacial score (nSPS) is 16.8. The molecule has 20 heavy (non-hydrogen) atoms. The van der Waals surface area contributed by atoms with E-state index in [4.69, 9.17) is 4.98 Å². The third-order valence-corrected chi connectivity index (χ3v) is 5.17. The molecule has 3 aromatic rings. The van der Waals surface area contributed by atoms with Crippen molar-refractivity contribution in [1.29, 1.82) is 0 Å². The molecule has 1 fully saturated rings. The van der Waals surface area contributed by atoms with E-state index in [0.29, 0.717) is 6.04 Å². The fourth-order valence-electron chi connectivity index (χ4n) is 3.14. The molecular formula is C17H18N2S. The number of thiazole rings is 1. The smallest absolute Gasteiger partial charge is 0.184 e. The van der Waals surface area contributed by atoms with Crippen LogP contribution >= 0.6 is 11.3 Å². The lowest BCUT2D eigenvalue weighted by Gasteiger charge is -2.22. The Balaban J connectivity index is 1.72. The number of hydrogen-bond acceptors (Lipinski definition) is 3. The minimum Gasteiger partial charge on any atom is -0.359 e. The lowest BCUT2D eigenvalue weighted by atomic mass is 9.96. The fraction of sp³-hybridized carbons (Fsp3) is 0.353. The highest BCUT2D eigenvalue weighted by Gasteiger charge is 2.15.